The van der Waals surface area contributed by atoms with E-state index < -0.39 is 6.10 Å². The summed E-state index contributed by atoms with van der Waals surface area (Å²) in [4.78, 5) is 4.47. The monoisotopic (exact) mass is 318 g/mol. The molecule has 1 heterocycles. The Bertz CT molecular complexity index is 702. The molecule has 2 aromatic carbocycles. The van der Waals surface area contributed by atoms with E-state index in [1.807, 2.05) is 67.6 Å². The third kappa shape index (κ3) is 4.07. The molecule has 0 spiro atoms. The standard InChI is InChI=1S/C21H22N2O/c1-16-10-12-17(13-11-16)20(24)15-23-21(18-7-3-2-4-8-18)19-9-5-6-14-22-19/h2-14,20-21,23-24H,15H2,1H3. The van der Waals surface area contributed by atoms with Crippen molar-refractivity contribution in [2.24, 2.45) is 0 Å². The number of hydrogen-bond acceptors (Lipinski definition) is 3. The van der Waals surface area contributed by atoms with E-state index in [0.717, 1.165) is 16.8 Å². The summed E-state index contributed by atoms with van der Waals surface area (Å²) in [7, 11) is 0. The van der Waals surface area contributed by atoms with Crippen LogP contribution in [-0.2, 0) is 0 Å². The van der Waals surface area contributed by atoms with Gasteiger partial charge < -0.3 is 10.4 Å². The van der Waals surface area contributed by atoms with Crippen molar-refractivity contribution in [3.8, 4) is 0 Å². The van der Waals surface area contributed by atoms with E-state index in [9.17, 15) is 5.11 Å². The van der Waals surface area contributed by atoms with Crippen molar-refractivity contribution >= 4 is 0 Å². The highest BCUT2D eigenvalue weighted by atomic mass is 16.3. The second-order valence-corrected chi connectivity index (χ2v) is 5.93. The Labute approximate surface area is 143 Å². The van der Waals surface area contributed by atoms with Crippen LogP contribution in [0, 0.1) is 6.92 Å². The molecule has 0 saturated heterocycles. The molecule has 0 radical (unpaired) electrons. The van der Waals surface area contributed by atoms with E-state index in [4.69, 9.17) is 0 Å². The molecular weight excluding hydrogens is 296 g/mol. The first-order valence-corrected chi connectivity index (χ1v) is 8.18. The summed E-state index contributed by atoms with van der Waals surface area (Å²) in [6, 6.07) is 24.0. The van der Waals surface area contributed by atoms with Crippen LogP contribution in [0.4, 0.5) is 0 Å². The summed E-state index contributed by atoms with van der Waals surface area (Å²) in [6.07, 6.45) is 1.24. The first-order valence-electron chi connectivity index (χ1n) is 8.18. The zero-order valence-electron chi connectivity index (χ0n) is 13.8. The highest BCUT2D eigenvalue weighted by Crippen LogP contribution is 2.21. The Balaban J connectivity index is 1.76. The van der Waals surface area contributed by atoms with Gasteiger partial charge in [0.25, 0.3) is 0 Å². The number of benzene rings is 2. The molecule has 122 valence electrons. The quantitative estimate of drug-likeness (QED) is 0.726. The molecule has 2 unspecified atom stereocenters. The van der Waals surface area contributed by atoms with Crippen LogP contribution in [-0.4, -0.2) is 16.6 Å². The summed E-state index contributed by atoms with van der Waals surface area (Å²) in [5, 5.41) is 13.9. The van der Waals surface area contributed by atoms with Crippen LogP contribution >= 0.6 is 0 Å². The minimum atomic E-state index is -0.555. The van der Waals surface area contributed by atoms with Gasteiger partial charge >= 0.3 is 0 Å². The second-order valence-electron chi connectivity index (χ2n) is 5.93. The van der Waals surface area contributed by atoms with Crippen LogP contribution in [0.2, 0.25) is 0 Å². The second kappa shape index (κ2) is 7.86. The number of aryl methyl sites for hydroxylation is 1. The molecule has 3 nitrogen and oxygen atoms in total. The fraction of sp³-hybridized carbons (Fsp3) is 0.190. The number of nitrogens with one attached hydrogen (secondary N) is 1. The van der Waals surface area contributed by atoms with Gasteiger partial charge in [0, 0.05) is 12.7 Å². The number of rotatable bonds is 6. The molecule has 2 N–H and O–H groups in total. The molecule has 0 saturated carbocycles. The van der Waals surface area contributed by atoms with Crippen molar-refractivity contribution < 1.29 is 5.11 Å². The van der Waals surface area contributed by atoms with Crippen molar-refractivity contribution in [3.63, 3.8) is 0 Å². The zero-order valence-corrected chi connectivity index (χ0v) is 13.8. The third-order valence-electron chi connectivity index (χ3n) is 4.09. The molecule has 0 bridgehead atoms. The van der Waals surface area contributed by atoms with Crippen LogP contribution < -0.4 is 5.32 Å². The van der Waals surface area contributed by atoms with Gasteiger partial charge in [-0.2, -0.15) is 0 Å². The summed E-state index contributed by atoms with van der Waals surface area (Å²) in [6.45, 7) is 2.50. The van der Waals surface area contributed by atoms with Gasteiger partial charge in [-0.15, -0.1) is 0 Å². The zero-order chi connectivity index (χ0) is 16.8. The summed E-state index contributed by atoms with van der Waals surface area (Å²) in [5.41, 5.74) is 4.18. The number of hydrogen-bond donors (Lipinski definition) is 2. The topological polar surface area (TPSA) is 45.1 Å². The van der Waals surface area contributed by atoms with Gasteiger partial charge in [0.2, 0.25) is 0 Å². The smallest absolute Gasteiger partial charge is 0.0914 e. The van der Waals surface area contributed by atoms with E-state index in [1.165, 1.54) is 5.56 Å². The minimum absolute atomic E-state index is 0.0486. The van der Waals surface area contributed by atoms with Crippen LogP contribution in [0.25, 0.3) is 0 Å². The molecule has 1 aromatic heterocycles. The van der Waals surface area contributed by atoms with E-state index in [2.05, 4.69) is 22.4 Å². The first-order chi connectivity index (χ1) is 11.7. The number of aliphatic hydroxyl groups is 1. The lowest BCUT2D eigenvalue weighted by Crippen LogP contribution is -2.28. The maximum Gasteiger partial charge on any atom is 0.0914 e. The first kappa shape index (κ1) is 16.4. The van der Waals surface area contributed by atoms with Gasteiger partial charge in [-0.05, 0) is 30.2 Å². The molecule has 0 aliphatic rings. The molecule has 24 heavy (non-hydrogen) atoms. The average molecular weight is 318 g/mol. The molecule has 2 atom stereocenters. The fourth-order valence-electron chi connectivity index (χ4n) is 2.72. The van der Waals surface area contributed by atoms with Gasteiger partial charge in [0.05, 0.1) is 17.8 Å². The summed E-state index contributed by atoms with van der Waals surface area (Å²) >= 11 is 0. The average Bonchev–Trinajstić information content (AvgIpc) is 2.64. The largest absolute Gasteiger partial charge is 0.387 e. The van der Waals surface area contributed by atoms with Crippen molar-refractivity contribution in [1.29, 1.82) is 0 Å². The van der Waals surface area contributed by atoms with Crippen molar-refractivity contribution in [1.82, 2.24) is 10.3 Å². The van der Waals surface area contributed by atoms with Gasteiger partial charge in [0.1, 0.15) is 0 Å². The van der Waals surface area contributed by atoms with E-state index >= 15 is 0 Å². The predicted octanol–water partition coefficient (Wildman–Crippen LogP) is 3.80. The lowest BCUT2D eigenvalue weighted by Gasteiger charge is -2.21. The van der Waals surface area contributed by atoms with Crippen LogP contribution in [0.3, 0.4) is 0 Å². The Kier molecular flexibility index (Phi) is 5.36. The maximum atomic E-state index is 10.5. The van der Waals surface area contributed by atoms with Crippen LogP contribution in [0.5, 0.6) is 0 Å². The lowest BCUT2D eigenvalue weighted by atomic mass is 10.0. The van der Waals surface area contributed by atoms with E-state index in [0.29, 0.717) is 6.54 Å². The Hall–Kier alpha value is -2.49. The SMILES string of the molecule is Cc1ccc(C(O)CNC(c2ccccc2)c2ccccn2)cc1. The Morgan fingerprint density at radius 1 is 0.875 bits per heavy atom. The number of nitrogens with zero attached hydrogens (tertiary/aromatic N) is 1. The van der Waals surface area contributed by atoms with Crippen LogP contribution in [0.15, 0.2) is 79.0 Å². The predicted molar refractivity (Wildman–Crippen MR) is 96.7 cm³/mol. The Morgan fingerprint density at radius 2 is 1.58 bits per heavy atom. The molecule has 0 amide bonds. The number of pyridine rings is 1. The van der Waals surface area contributed by atoms with Crippen molar-refractivity contribution in [2.75, 3.05) is 6.54 Å². The van der Waals surface area contributed by atoms with E-state index in [-0.39, 0.29) is 6.04 Å². The highest BCUT2D eigenvalue weighted by Gasteiger charge is 2.16. The van der Waals surface area contributed by atoms with Crippen LogP contribution in [0.1, 0.15) is 34.5 Å². The molecule has 0 fully saturated rings. The molecule has 3 rings (SSSR count). The van der Waals surface area contributed by atoms with Gasteiger partial charge in [0.15, 0.2) is 0 Å². The normalized spacial score (nSPS) is 13.4. The summed E-state index contributed by atoms with van der Waals surface area (Å²) < 4.78 is 0. The molecule has 3 aromatic rings. The maximum absolute atomic E-state index is 10.5. The summed E-state index contributed by atoms with van der Waals surface area (Å²) in [5.74, 6) is 0. The van der Waals surface area contributed by atoms with Crippen molar-refractivity contribution in [2.45, 2.75) is 19.1 Å². The van der Waals surface area contributed by atoms with Gasteiger partial charge in [-0.3, -0.25) is 4.98 Å². The Morgan fingerprint density at radius 3 is 2.25 bits per heavy atom. The lowest BCUT2D eigenvalue weighted by molar-refractivity contribution is 0.171. The van der Waals surface area contributed by atoms with Gasteiger partial charge in [-0.1, -0.05) is 66.2 Å². The van der Waals surface area contributed by atoms with Gasteiger partial charge in [-0.25, -0.2) is 0 Å². The molecular formula is C21H22N2O. The fourth-order valence-corrected chi connectivity index (χ4v) is 2.72. The molecule has 0 aliphatic carbocycles. The molecule has 0 aliphatic heterocycles. The third-order valence-corrected chi connectivity index (χ3v) is 4.09. The minimum Gasteiger partial charge on any atom is -0.387 e. The van der Waals surface area contributed by atoms with Crippen molar-refractivity contribution in [3.05, 3.63) is 101 Å². The number of aromatic nitrogens is 1. The number of aliphatic hydroxyl groups excluding tert-OH is 1. The van der Waals surface area contributed by atoms with E-state index in [1.54, 1.807) is 6.20 Å². The molecule has 3 heteroatoms. The highest BCUT2D eigenvalue weighted by molar-refractivity contribution is 5.28.